The van der Waals surface area contributed by atoms with Gasteiger partial charge in [-0.3, -0.25) is 4.21 Å². The van der Waals surface area contributed by atoms with E-state index >= 15 is 0 Å². The zero-order valence-electron chi connectivity index (χ0n) is 11.1. The van der Waals surface area contributed by atoms with Crippen LogP contribution in [0.2, 0.25) is 0 Å². The Balaban J connectivity index is 2.32. The van der Waals surface area contributed by atoms with Gasteiger partial charge in [-0.25, -0.2) is 0 Å². The molecule has 2 atom stereocenters. The van der Waals surface area contributed by atoms with Crippen molar-refractivity contribution in [3.63, 3.8) is 0 Å². The lowest BCUT2D eigenvalue weighted by Gasteiger charge is -2.12. The van der Waals surface area contributed by atoms with Crippen LogP contribution in [0.3, 0.4) is 0 Å². The molecule has 6 heteroatoms. The zero-order valence-corrected chi connectivity index (χ0v) is 11.9. The van der Waals surface area contributed by atoms with Crippen LogP contribution in [0.4, 0.5) is 0 Å². The molecule has 3 N–H and O–H groups in total. The predicted octanol–water partition coefficient (Wildman–Crippen LogP) is 0.280. The minimum atomic E-state index is -1.09. The monoisotopic (exact) mass is 287 g/mol. The smallest absolute Gasteiger partial charge is 0.119 e. The number of ether oxygens (including phenoxy) is 2. The van der Waals surface area contributed by atoms with Crippen LogP contribution in [0.15, 0.2) is 24.3 Å². The van der Waals surface area contributed by atoms with Crippen molar-refractivity contribution in [1.29, 1.82) is 0 Å². The third-order valence-electron chi connectivity index (χ3n) is 2.47. The summed E-state index contributed by atoms with van der Waals surface area (Å²) in [6.45, 7) is 0.992. The average molecular weight is 287 g/mol. The molecular formula is C13H21NO4S. The van der Waals surface area contributed by atoms with Crippen molar-refractivity contribution < 1.29 is 18.8 Å². The SMILES string of the molecule is COCCS(=O)CC(O)COc1cccc(CN)c1. The molecule has 0 saturated heterocycles. The number of methoxy groups -OCH3 is 1. The number of nitrogens with two attached hydrogens (primary N) is 1. The molecule has 5 nitrogen and oxygen atoms in total. The van der Waals surface area contributed by atoms with Crippen molar-refractivity contribution in [2.24, 2.45) is 5.73 Å². The number of hydrogen-bond donors (Lipinski definition) is 2. The third-order valence-corrected chi connectivity index (χ3v) is 3.85. The fourth-order valence-corrected chi connectivity index (χ4v) is 2.52. The average Bonchev–Trinajstić information content (AvgIpc) is 2.43. The molecule has 0 radical (unpaired) electrons. The van der Waals surface area contributed by atoms with Gasteiger partial charge in [0.1, 0.15) is 12.4 Å². The van der Waals surface area contributed by atoms with Crippen LogP contribution in [0.5, 0.6) is 5.75 Å². The molecular weight excluding hydrogens is 266 g/mol. The Morgan fingerprint density at radius 3 is 2.95 bits per heavy atom. The third kappa shape index (κ3) is 6.68. The largest absolute Gasteiger partial charge is 0.491 e. The Labute approximate surface area is 116 Å². The molecule has 2 unspecified atom stereocenters. The van der Waals surface area contributed by atoms with Crippen molar-refractivity contribution in [3.05, 3.63) is 29.8 Å². The van der Waals surface area contributed by atoms with Gasteiger partial charge in [-0.2, -0.15) is 0 Å². The molecule has 1 aromatic rings. The first-order valence-corrected chi connectivity index (χ1v) is 7.58. The van der Waals surface area contributed by atoms with Gasteiger partial charge in [-0.05, 0) is 17.7 Å². The summed E-state index contributed by atoms with van der Waals surface area (Å²) in [6, 6.07) is 7.38. The zero-order chi connectivity index (χ0) is 14.1. The van der Waals surface area contributed by atoms with E-state index in [0.717, 1.165) is 5.56 Å². The molecule has 0 fully saturated rings. The molecule has 0 aromatic heterocycles. The van der Waals surface area contributed by atoms with Gasteiger partial charge < -0.3 is 20.3 Å². The Morgan fingerprint density at radius 1 is 1.47 bits per heavy atom. The van der Waals surface area contributed by atoms with Crippen LogP contribution in [0.1, 0.15) is 5.56 Å². The van der Waals surface area contributed by atoms with Crippen LogP contribution in [0, 0.1) is 0 Å². The second kappa shape index (κ2) is 9.03. The van der Waals surface area contributed by atoms with E-state index in [1.54, 1.807) is 13.2 Å². The minimum absolute atomic E-state index is 0.118. The second-order valence-corrected chi connectivity index (χ2v) is 5.74. The van der Waals surface area contributed by atoms with Gasteiger partial charge >= 0.3 is 0 Å². The van der Waals surface area contributed by atoms with E-state index in [-0.39, 0.29) is 12.4 Å². The van der Waals surface area contributed by atoms with Gasteiger partial charge in [0, 0.05) is 30.2 Å². The van der Waals surface area contributed by atoms with Crippen LogP contribution < -0.4 is 10.5 Å². The van der Waals surface area contributed by atoms with Gasteiger partial charge in [0.15, 0.2) is 0 Å². The lowest BCUT2D eigenvalue weighted by molar-refractivity contribution is 0.125. The van der Waals surface area contributed by atoms with Gasteiger partial charge in [-0.15, -0.1) is 0 Å². The quantitative estimate of drug-likeness (QED) is 0.682. The number of aliphatic hydroxyl groups is 1. The second-order valence-electron chi connectivity index (χ2n) is 4.12. The van der Waals surface area contributed by atoms with Crippen molar-refractivity contribution in [2.75, 3.05) is 31.8 Å². The van der Waals surface area contributed by atoms with E-state index in [2.05, 4.69) is 0 Å². The summed E-state index contributed by atoms with van der Waals surface area (Å²) < 4.78 is 21.8. The van der Waals surface area contributed by atoms with Crippen LogP contribution in [0.25, 0.3) is 0 Å². The molecule has 108 valence electrons. The number of benzene rings is 1. The normalized spacial score (nSPS) is 14.1. The Bertz CT molecular complexity index is 400. The van der Waals surface area contributed by atoms with Gasteiger partial charge in [0.05, 0.1) is 18.5 Å². The molecule has 19 heavy (non-hydrogen) atoms. The molecule has 0 aliphatic heterocycles. The van der Waals surface area contributed by atoms with E-state index in [1.807, 2.05) is 18.2 Å². The van der Waals surface area contributed by atoms with Gasteiger partial charge in [-0.1, -0.05) is 12.1 Å². The van der Waals surface area contributed by atoms with Gasteiger partial charge in [0.2, 0.25) is 0 Å². The van der Waals surface area contributed by atoms with Crippen LogP contribution >= 0.6 is 0 Å². The number of hydrogen-bond acceptors (Lipinski definition) is 5. The summed E-state index contributed by atoms with van der Waals surface area (Å²) in [4.78, 5) is 0. The lowest BCUT2D eigenvalue weighted by atomic mass is 10.2. The number of aliphatic hydroxyl groups excluding tert-OH is 1. The van der Waals surface area contributed by atoms with Crippen molar-refractivity contribution >= 4 is 10.8 Å². The maximum absolute atomic E-state index is 11.5. The molecule has 0 amide bonds. The van der Waals surface area contributed by atoms with Gasteiger partial charge in [0.25, 0.3) is 0 Å². The number of rotatable bonds is 9. The highest BCUT2D eigenvalue weighted by Gasteiger charge is 2.10. The Kier molecular flexibility index (Phi) is 7.66. The van der Waals surface area contributed by atoms with E-state index in [1.165, 1.54) is 0 Å². The summed E-state index contributed by atoms with van der Waals surface area (Å²) >= 11 is 0. The van der Waals surface area contributed by atoms with Crippen LogP contribution in [-0.4, -0.2) is 47.2 Å². The molecule has 1 aromatic carbocycles. The van der Waals surface area contributed by atoms with Crippen molar-refractivity contribution in [2.45, 2.75) is 12.6 Å². The highest BCUT2D eigenvalue weighted by atomic mass is 32.2. The standard InChI is InChI=1S/C13H21NO4S/c1-17-5-6-19(16)10-12(15)9-18-13-4-2-3-11(7-13)8-14/h2-4,7,12,15H,5-6,8-10,14H2,1H3. The van der Waals surface area contributed by atoms with E-state index < -0.39 is 16.9 Å². The maximum Gasteiger partial charge on any atom is 0.119 e. The predicted molar refractivity (Wildman–Crippen MR) is 75.6 cm³/mol. The molecule has 0 spiro atoms. The Morgan fingerprint density at radius 2 is 2.26 bits per heavy atom. The maximum atomic E-state index is 11.5. The fourth-order valence-electron chi connectivity index (χ4n) is 1.48. The van der Waals surface area contributed by atoms with Crippen molar-refractivity contribution in [3.8, 4) is 5.75 Å². The first-order valence-electron chi connectivity index (χ1n) is 6.09. The molecule has 1 rings (SSSR count). The molecule has 0 heterocycles. The first kappa shape index (κ1) is 16.1. The van der Waals surface area contributed by atoms with E-state index in [9.17, 15) is 9.32 Å². The summed E-state index contributed by atoms with van der Waals surface area (Å²) in [7, 11) is 0.468. The summed E-state index contributed by atoms with van der Waals surface area (Å²) in [5, 5.41) is 9.72. The first-order chi connectivity index (χ1) is 9.15. The summed E-state index contributed by atoms with van der Waals surface area (Å²) in [5.74, 6) is 1.28. The molecule has 0 bridgehead atoms. The fraction of sp³-hybridized carbons (Fsp3) is 0.538. The summed E-state index contributed by atoms with van der Waals surface area (Å²) in [6.07, 6.45) is -0.751. The molecule has 0 aliphatic rings. The van der Waals surface area contributed by atoms with E-state index in [4.69, 9.17) is 15.2 Å². The minimum Gasteiger partial charge on any atom is -0.491 e. The Hall–Kier alpha value is -0.950. The topological polar surface area (TPSA) is 81.8 Å². The molecule has 0 aliphatic carbocycles. The lowest BCUT2D eigenvalue weighted by Crippen LogP contribution is -2.26. The van der Waals surface area contributed by atoms with Crippen molar-refractivity contribution in [1.82, 2.24) is 0 Å². The highest BCUT2D eigenvalue weighted by Crippen LogP contribution is 2.13. The van der Waals surface area contributed by atoms with E-state index in [0.29, 0.717) is 24.7 Å². The highest BCUT2D eigenvalue weighted by molar-refractivity contribution is 7.85. The van der Waals surface area contributed by atoms with Crippen LogP contribution in [-0.2, 0) is 22.1 Å². The summed E-state index contributed by atoms with van der Waals surface area (Å²) in [5.41, 5.74) is 6.50. The molecule has 0 saturated carbocycles.